The highest BCUT2D eigenvalue weighted by Gasteiger charge is 2.15. The molecule has 1 N–H and O–H groups in total. The van der Waals surface area contributed by atoms with E-state index >= 15 is 0 Å². The molecule has 1 amide bonds. The first-order valence-electron chi connectivity index (χ1n) is 7.81. The van der Waals surface area contributed by atoms with Gasteiger partial charge in [0, 0.05) is 36.9 Å². The lowest BCUT2D eigenvalue weighted by Gasteiger charge is -2.32. The molecule has 116 valence electrons. The summed E-state index contributed by atoms with van der Waals surface area (Å²) in [5.41, 5.74) is 2.07. The van der Waals surface area contributed by atoms with Crippen LogP contribution in [0.2, 0.25) is 0 Å². The van der Waals surface area contributed by atoms with Crippen molar-refractivity contribution in [2.75, 3.05) is 23.3 Å². The Bertz CT molecular complexity index is 598. The third-order valence-electron chi connectivity index (χ3n) is 4.19. The van der Waals surface area contributed by atoms with Crippen molar-refractivity contribution < 1.29 is 4.79 Å². The van der Waals surface area contributed by atoms with Gasteiger partial charge in [0.15, 0.2) is 0 Å². The maximum Gasteiger partial charge on any atom is 0.244 e. The van der Waals surface area contributed by atoms with E-state index in [0.717, 1.165) is 24.7 Å². The third-order valence-corrected chi connectivity index (χ3v) is 4.19. The maximum atomic E-state index is 11.9. The molecular formula is C17H22N4O. The number of imidazole rings is 1. The number of benzene rings is 1. The Kier molecular flexibility index (Phi) is 4.42. The first-order valence-corrected chi connectivity index (χ1v) is 7.81. The molecule has 1 aliphatic heterocycles. The van der Waals surface area contributed by atoms with Gasteiger partial charge in [-0.25, -0.2) is 4.98 Å². The van der Waals surface area contributed by atoms with Crippen LogP contribution in [-0.2, 0) is 11.3 Å². The van der Waals surface area contributed by atoms with Crippen molar-refractivity contribution in [3.05, 3.63) is 43.0 Å². The number of nitrogens with one attached hydrogen (secondary N) is 1. The van der Waals surface area contributed by atoms with Crippen molar-refractivity contribution in [1.82, 2.24) is 9.55 Å². The normalized spacial score (nSPS) is 15.8. The molecule has 1 fully saturated rings. The van der Waals surface area contributed by atoms with Crippen LogP contribution in [0.15, 0.2) is 43.0 Å². The minimum absolute atomic E-state index is 0.0439. The average Bonchev–Trinajstić information content (AvgIpc) is 3.02. The van der Waals surface area contributed by atoms with Crippen LogP contribution in [0.3, 0.4) is 0 Å². The summed E-state index contributed by atoms with van der Waals surface area (Å²) in [5, 5.41) is 2.91. The molecule has 0 saturated carbocycles. The molecule has 1 aliphatic rings. The highest BCUT2D eigenvalue weighted by atomic mass is 16.1. The number of anilines is 2. The molecule has 1 aromatic carbocycles. The number of rotatable bonds is 4. The van der Waals surface area contributed by atoms with Crippen LogP contribution >= 0.6 is 0 Å². The number of hydrogen-bond donors (Lipinski definition) is 1. The highest BCUT2D eigenvalue weighted by molar-refractivity contribution is 5.90. The van der Waals surface area contributed by atoms with Crippen LogP contribution in [0.4, 0.5) is 11.4 Å². The minimum atomic E-state index is -0.0439. The van der Waals surface area contributed by atoms with Gasteiger partial charge in [-0.3, -0.25) is 4.79 Å². The van der Waals surface area contributed by atoms with Gasteiger partial charge >= 0.3 is 0 Å². The standard InChI is InChI=1S/C17H22N4O/c1-14-6-9-21(10-7-14)16-4-2-15(3-5-16)19-17(22)12-20-11-8-18-13-20/h2-5,8,11,13-14H,6-7,9-10,12H2,1H3,(H,19,22). The second-order valence-corrected chi connectivity index (χ2v) is 6.00. The van der Waals surface area contributed by atoms with Gasteiger partial charge in [0.25, 0.3) is 0 Å². The summed E-state index contributed by atoms with van der Waals surface area (Å²) in [7, 11) is 0. The number of carbonyl (C=O) groups is 1. The molecule has 0 unspecified atom stereocenters. The van der Waals surface area contributed by atoms with Gasteiger partial charge in [-0.05, 0) is 43.0 Å². The molecule has 0 radical (unpaired) electrons. The molecule has 0 atom stereocenters. The molecule has 2 heterocycles. The Labute approximate surface area is 131 Å². The van der Waals surface area contributed by atoms with E-state index < -0.39 is 0 Å². The molecular weight excluding hydrogens is 276 g/mol. The zero-order valence-corrected chi connectivity index (χ0v) is 12.9. The number of hydrogen-bond acceptors (Lipinski definition) is 3. The largest absolute Gasteiger partial charge is 0.372 e. The van der Waals surface area contributed by atoms with E-state index in [1.54, 1.807) is 23.3 Å². The van der Waals surface area contributed by atoms with Crippen molar-refractivity contribution in [2.24, 2.45) is 5.92 Å². The molecule has 2 aromatic rings. The lowest BCUT2D eigenvalue weighted by Crippen LogP contribution is -2.32. The fourth-order valence-corrected chi connectivity index (χ4v) is 2.77. The van der Waals surface area contributed by atoms with Gasteiger partial charge in [0.05, 0.1) is 6.33 Å². The van der Waals surface area contributed by atoms with Crippen molar-refractivity contribution in [1.29, 1.82) is 0 Å². The Balaban J connectivity index is 1.56. The summed E-state index contributed by atoms with van der Waals surface area (Å²) in [4.78, 5) is 18.3. The fraction of sp³-hybridized carbons (Fsp3) is 0.412. The lowest BCUT2D eigenvalue weighted by molar-refractivity contribution is -0.116. The molecule has 22 heavy (non-hydrogen) atoms. The number of carbonyl (C=O) groups excluding carboxylic acids is 1. The zero-order chi connectivity index (χ0) is 15.4. The zero-order valence-electron chi connectivity index (χ0n) is 12.9. The minimum Gasteiger partial charge on any atom is -0.372 e. The monoisotopic (exact) mass is 298 g/mol. The molecule has 0 bridgehead atoms. The van der Waals surface area contributed by atoms with Gasteiger partial charge in [0.2, 0.25) is 5.91 Å². The molecule has 5 heteroatoms. The molecule has 3 rings (SSSR count). The van der Waals surface area contributed by atoms with E-state index in [9.17, 15) is 4.79 Å². The summed E-state index contributed by atoms with van der Waals surface area (Å²) >= 11 is 0. The molecule has 0 spiro atoms. The summed E-state index contributed by atoms with van der Waals surface area (Å²) in [6.07, 6.45) is 7.59. The summed E-state index contributed by atoms with van der Waals surface area (Å²) in [6.45, 7) is 4.84. The maximum absolute atomic E-state index is 11.9. The van der Waals surface area contributed by atoms with E-state index in [1.165, 1.54) is 18.5 Å². The average molecular weight is 298 g/mol. The van der Waals surface area contributed by atoms with Crippen LogP contribution in [-0.4, -0.2) is 28.5 Å². The third kappa shape index (κ3) is 3.67. The number of piperidine rings is 1. The number of aromatic nitrogens is 2. The fourth-order valence-electron chi connectivity index (χ4n) is 2.77. The van der Waals surface area contributed by atoms with E-state index in [-0.39, 0.29) is 12.5 Å². The predicted octanol–water partition coefficient (Wildman–Crippen LogP) is 2.76. The summed E-state index contributed by atoms with van der Waals surface area (Å²) in [6, 6.07) is 8.12. The molecule has 1 saturated heterocycles. The predicted molar refractivity (Wildman–Crippen MR) is 87.9 cm³/mol. The van der Waals surface area contributed by atoms with Crippen molar-refractivity contribution in [3.63, 3.8) is 0 Å². The van der Waals surface area contributed by atoms with Crippen LogP contribution in [0.5, 0.6) is 0 Å². The van der Waals surface area contributed by atoms with Crippen LogP contribution in [0.1, 0.15) is 19.8 Å². The van der Waals surface area contributed by atoms with E-state index in [4.69, 9.17) is 0 Å². The summed E-state index contributed by atoms with van der Waals surface area (Å²) in [5.74, 6) is 0.788. The van der Waals surface area contributed by atoms with E-state index in [2.05, 4.69) is 34.3 Å². The molecule has 5 nitrogen and oxygen atoms in total. The van der Waals surface area contributed by atoms with E-state index in [1.807, 2.05) is 12.1 Å². The number of amides is 1. The number of nitrogens with zero attached hydrogens (tertiary/aromatic N) is 3. The van der Waals surface area contributed by atoms with Gasteiger partial charge in [-0.1, -0.05) is 6.92 Å². The van der Waals surface area contributed by atoms with Gasteiger partial charge in [-0.2, -0.15) is 0 Å². The second kappa shape index (κ2) is 6.64. The van der Waals surface area contributed by atoms with Crippen LogP contribution in [0, 0.1) is 5.92 Å². The SMILES string of the molecule is CC1CCN(c2ccc(NC(=O)Cn3ccnc3)cc2)CC1. The lowest BCUT2D eigenvalue weighted by atomic mass is 9.99. The second-order valence-electron chi connectivity index (χ2n) is 6.00. The molecule has 0 aliphatic carbocycles. The van der Waals surface area contributed by atoms with Crippen LogP contribution < -0.4 is 10.2 Å². The Hall–Kier alpha value is -2.30. The quantitative estimate of drug-likeness (QED) is 0.944. The first kappa shape index (κ1) is 14.6. The Morgan fingerprint density at radius 3 is 2.64 bits per heavy atom. The Morgan fingerprint density at radius 2 is 2.00 bits per heavy atom. The van der Waals surface area contributed by atoms with Gasteiger partial charge < -0.3 is 14.8 Å². The van der Waals surface area contributed by atoms with Crippen molar-refractivity contribution in [3.8, 4) is 0 Å². The van der Waals surface area contributed by atoms with E-state index in [0.29, 0.717) is 0 Å². The first-order chi connectivity index (χ1) is 10.7. The van der Waals surface area contributed by atoms with Crippen molar-refractivity contribution >= 4 is 17.3 Å². The summed E-state index contributed by atoms with van der Waals surface area (Å²) < 4.78 is 1.75. The highest BCUT2D eigenvalue weighted by Crippen LogP contribution is 2.24. The smallest absolute Gasteiger partial charge is 0.244 e. The Morgan fingerprint density at radius 1 is 1.27 bits per heavy atom. The molecule has 1 aromatic heterocycles. The topological polar surface area (TPSA) is 50.2 Å². The van der Waals surface area contributed by atoms with Crippen molar-refractivity contribution in [2.45, 2.75) is 26.3 Å². The van der Waals surface area contributed by atoms with Gasteiger partial charge in [-0.15, -0.1) is 0 Å². The van der Waals surface area contributed by atoms with Crippen LogP contribution in [0.25, 0.3) is 0 Å². The van der Waals surface area contributed by atoms with Gasteiger partial charge in [0.1, 0.15) is 6.54 Å².